The highest BCUT2D eigenvalue weighted by atomic mass is 16.2. The third-order valence-electron chi connectivity index (χ3n) is 5.43. The highest BCUT2D eigenvalue weighted by Crippen LogP contribution is 2.20. The van der Waals surface area contributed by atoms with E-state index in [9.17, 15) is 9.59 Å². The van der Waals surface area contributed by atoms with Crippen LogP contribution >= 0.6 is 0 Å². The first-order valence-electron chi connectivity index (χ1n) is 9.29. The molecule has 2 atom stereocenters. The molecule has 2 saturated heterocycles. The number of hydrogen-bond acceptors (Lipinski definition) is 3. The summed E-state index contributed by atoms with van der Waals surface area (Å²) in [6.45, 7) is 3.23. The second-order valence-corrected chi connectivity index (χ2v) is 7.28. The molecular weight excluding hydrogens is 292 g/mol. The van der Waals surface area contributed by atoms with Crippen molar-refractivity contribution in [3.63, 3.8) is 0 Å². The molecule has 23 heavy (non-hydrogen) atoms. The predicted molar refractivity (Wildman–Crippen MR) is 89.1 cm³/mol. The van der Waals surface area contributed by atoms with E-state index in [1.165, 1.54) is 12.8 Å². The summed E-state index contributed by atoms with van der Waals surface area (Å²) >= 11 is 0. The largest absolute Gasteiger partial charge is 0.354 e. The Kier molecular flexibility index (Phi) is 5.75. The zero-order chi connectivity index (χ0) is 16.1. The quantitative estimate of drug-likeness (QED) is 0.728. The van der Waals surface area contributed by atoms with Gasteiger partial charge in [0.2, 0.25) is 5.91 Å². The van der Waals surface area contributed by atoms with Gasteiger partial charge in [0.1, 0.15) is 0 Å². The van der Waals surface area contributed by atoms with Crippen LogP contribution in [0.15, 0.2) is 0 Å². The van der Waals surface area contributed by atoms with Gasteiger partial charge in [-0.1, -0.05) is 12.8 Å². The van der Waals surface area contributed by atoms with Crippen molar-refractivity contribution in [2.75, 3.05) is 26.2 Å². The van der Waals surface area contributed by atoms with E-state index in [0.717, 1.165) is 58.2 Å². The van der Waals surface area contributed by atoms with Crippen molar-refractivity contribution < 1.29 is 9.59 Å². The van der Waals surface area contributed by atoms with Gasteiger partial charge >= 0.3 is 6.03 Å². The molecule has 0 bridgehead atoms. The van der Waals surface area contributed by atoms with Crippen LogP contribution in [-0.2, 0) is 4.79 Å². The van der Waals surface area contributed by atoms with Gasteiger partial charge in [0.05, 0.1) is 6.04 Å². The zero-order valence-electron chi connectivity index (χ0n) is 14.0. The van der Waals surface area contributed by atoms with E-state index in [1.807, 2.05) is 4.90 Å². The van der Waals surface area contributed by atoms with Gasteiger partial charge in [0.25, 0.3) is 0 Å². The molecular formula is C17H30N4O2. The number of nitrogens with one attached hydrogen (secondary N) is 3. The molecule has 2 aliphatic heterocycles. The number of carbonyl (C=O) groups is 2. The number of amides is 3. The second-order valence-electron chi connectivity index (χ2n) is 7.28. The summed E-state index contributed by atoms with van der Waals surface area (Å²) in [5.74, 6) is 0.499. The minimum atomic E-state index is -0.0136. The van der Waals surface area contributed by atoms with E-state index in [4.69, 9.17) is 0 Å². The van der Waals surface area contributed by atoms with Gasteiger partial charge in [-0.25, -0.2) is 4.79 Å². The van der Waals surface area contributed by atoms with E-state index in [1.54, 1.807) is 0 Å². The number of hydrogen-bond donors (Lipinski definition) is 3. The van der Waals surface area contributed by atoms with Crippen LogP contribution in [0.2, 0.25) is 0 Å². The predicted octanol–water partition coefficient (Wildman–Crippen LogP) is 1.22. The van der Waals surface area contributed by atoms with Crippen molar-refractivity contribution >= 4 is 11.9 Å². The monoisotopic (exact) mass is 322 g/mol. The van der Waals surface area contributed by atoms with Crippen LogP contribution in [0.3, 0.4) is 0 Å². The SMILES string of the molecule is O=C(NCC1CCCN(C(=O)NC2CCCC2)C1)C1CCCN1. The van der Waals surface area contributed by atoms with Crippen LogP contribution in [-0.4, -0.2) is 55.1 Å². The van der Waals surface area contributed by atoms with Crippen molar-refractivity contribution in [1.29, 1.82) is 0 Å². The van der Waals surface area contributed by atoms with E-state index >= 15 is 0 Å². The minimum Gasteiger partial charge on any atom is -0.354 e. The topological polar surface area (TPSA) is 73.5 Å². The fourth-order valence-corrected chi connectivity index (χ4v) is 4.03. The first kappa shape index (κ1) is 16.6. The maximum absolute atomic E-state index is 12.4. The first-order valence-corrected chi connectivity index (χ1v) is 9.29. The first-order chi connectivity index (χ1) is 11.2. The summed E-state index contributed by atoms with van der Waals surface area (Å²) in [6.07, 6.45) is 8.83. The molecule has 3 N–H and O–H groups in total. The molecule has 1 aliphatic carbocycles. The summed E-state index contributed by atoms with van der Waals surface area (Å²) < 4.78 is 0. The Morgan fingerprint density at radius 1 is 1.04 bits per heavy atom. The van der Waals surface area contributed by atoms with E-state index in [0.29, 0.717) is 18.5 Å². The maximum atomic E-state index is 12.4. The Morgan fingerprint density at radius 3 is 2.61 bits per heavy atom. The van der Waals surface area contributed by atoms with Gasteiger partial charge in [-0.2, -0.15) is 0 Å². The highest BCUT2D eigenvalue weighted by molar-refractivity contribution is 5.82. The van der Waals surface area contributed by atoms with Gasteiger partial charge in [-0.15, -0.1) is 0 Å². The van der Waals surface area contributed by atoms with E-state index in [2.05, 4.69) is 16.0 Å². The Balaban J connectivity index is 1.40. The summed E-state index contributed by atoms with van der Waals surface area (Å²) in [7, 11) is 0. The molecule has 3 aliphatic rings. The van der Waals surface area contributed by atoms with Crippen molar-refractivity contribution in [2.24, 2.45) is 5.92 Å². The number of piperidine rings is 1. The summed E-state index contributed by atoms with van der Waals surface area (Å²) in [5.41, 5.74) is 0. The molecule has 2 heterocycles. The summed E-state index contributed by atoms with van der Waals surface area (Å²) in [6, 6.07) is 0.446. The van der Waals surface area contributed by atoms with Crippen LogP contribution in [0.1, 0.15) is 51.4 Å². The van der Waals surface area contributed by atoms with Crippen LogP contribution in [0.4, 0.5) is 4.79 Å². The van der Waals surface area contributed by atoms with Crippen molar-refractivity contribution in [2.45, 2.75) is 63.5 Å². The number of likely N-dealkylation sites (tertiary alicyclic amines) is 1. The van der Waals surface area contributed by atoms with Crippen LogP contribution < -0.4 is 16.0 Å². The Hall–Kier alpha value is -1.30. The lowest BCUT2D eigenvalue weighted by Crippen LogP contribution is -2.50. The molecule has 3 fully saturated rings. The molecule has 3 rings (SSSR count). The lowest BCUT2D eigenvalue weighted by molar-refractivity contribution is -0.123. The molecule has 0 radical (unpaired) electrons. The molecule has 0 aromatic rings. The standard InChI is InChI=1S/C17H30N4O2/c22-16(15-8-3-9-18-15)19-11-13-5-4-10-21(12-13)17(23)20-14-6-1-2-7-14/h13-15,18H,1-12H2,(H,19,22)(H,20,23). The molecule has 6 heteroatoms. The number of urea groups is 1. The maximum Gasteiger partial charge on any atom is 0.317 e. The third-order valence-corrected chi connectivity index (χ3v) is 5.43. The van der Waals surface area contributed by atoms with E-state index in [-0.39, 0.29) is 18.0 Å². The van der Waals surface area contributed by atoms with Crippen LogP contribution in [0, 0.1) is 5.92 Å². The number of rotatable bonds is 4. The van der Waals surface area contributed by atoms with Gasteiger partial charge in [-0.05, 0) is 51.0 Å². The van der Waals surface area contributed by atoms with Gasteiger partial charge < -0.3 is 20.9 Å². The Morgan fingerprint density at radius 2 is 1.87 bits per heavy atom. The van der Waals surface area contributed by atoms with Crippen molar-refractivity contribution in [3.8, 4) is 0 Å². The molecule has 0 aromatic carbocycles. The van der Waals surface area contributed by atoms with Crippen LogP contribution in [0.5, 0.6) is 0 Å². The molecule has 0 aromatic heterocycles. The Labute approximate surface area is 138 Å². The van der Waals surface area contributed by atoms with Gasteiger partial charge in [0, 0.05) is 25.7 Å². The lowest BCUT2D eigenvalue weighted by Gasteiger charge is -2.33. The normalized spacial score (nSPS) is 28.8. The fraction of sp³-hybridized carbons (Fsp3) is 0.882. The smallest absolute Gasteiger partial charge is 0.317 e. The van der Waals surface area contributed by atoms with Crippen LogP contribution in [0.25, 0.3) is 0 Å². The molecule has 3 amide bonds. The second kappa shape index (κ2) is 7.99. The fourth-order valence-electron chi connectivity index (χ4n) is 4.03. The molecule has 6 nitrogen and oxygen atoms in total. The lowest BCUT2D eigenvalue weighted by atomic mass is 9.98. The summed E-state index contributed by atoms with van der Waals surface area (Å²) in [4.78, 5) is 26.4. The molecule has 1 saturated carbocycles. The molecule has 0 spiro atoms. The summed E-state index contributed by atoms with van der Waals surface area (Å²) in [5, 5.41) is 9.46. The molecule has 130 valence electrons. The number of carbonyl (C=O) groups excluding carboxylic acids is 2. The molecule has 2 unspecified atom stereocenters. The average Bonchev–Trinajstić information content (AvgIpc) is 3.26. The van der Waals surface area contributed by atoms with Gasteiger partial charge in [-0.3, -0.25) is 4.79 Å². The van der Waals surface area contributed by atoms with Crippen molar-refractivity contribution in [3.05, 3.63) is 0 Å². The Bertz CT molecular complexity index is 417. The highest BCUT2D eigenvalue weighted by Gasteiger charge is 2.27. The van der Waals surface area contributed by atoms with E-state index < -0.39 is 0 Å². The average molecular weight is 322 g/mol. The minimum absolute atomic E-state index is 0.0136. The van der Waals surface area contributed by atoms with Gasteiger partial charge in [0.15, 0.2) is 0 Å². The number of nitrogens with zero attached hydrogens (tertiary/aromatic N) is 1. The van der Waals surface area contributed by atoms with Crippen molar-refractivity contribution in [1.82, 2.24) is 20.9 Å². The zero-order valence-corrected chi connectivity index (χ0v) is 14.0. The third kappa shape index (κ3) is 4.59.